The lowest BCUT2D eigenvalue weighted by Gasteiger charge is -2.15. The first-order chi connectivity index (χ1) is 9.36. The van der Waals surface area contributed by atoms with E-state index in [9.17, 15) is 9.59 Å². The molecule has 1 atom stereocenters. The van der Waals surface area contributed by atoms with E-state index in [1.807, 2.05) is 45.2 Å². The van der Waals surface area contributed by atoms with Crippen LogP contribution in [0.25, 0.3) is 0 Å². The van der Waals surface area contributed by atoms with E-state index in [1.54, 1.807) is 0 Å². The van der Waals surface area contributed by atoms with E-state index >= 15 is 0 Å². The fourth-order valence-electron chi connectivity index (χ4n) is 1.76. The number of amides is 2. The van der Waals surface area contributed by atoms with Crippen LogP contribution in [0.5, 0.6) is 0 Å². The highest BCUT2D eigenvalue weighted by molar-refractivity contribution is 14.1. The molecule has 0 aliphatic heterocycles. The lowest BCUT2D eigenvalue weighted by molar-refractivity contribution is -0.862. The normalized spacial score (nSPS) is 12.1. The molecule has 1 aromatic rings. The van der Waals surface area contributed by atoms with Gasteiger partial charge < -0.3 is 15.5 Å². The van der Waals surface area contributed by atoms with Gasteiger partial charge in [-0.1, -0.05) is 6.07 Å². The van der Waals surface area contributed by atoms with Crippen LogP contribution in [-0.2, 0) is 9.59 Å². The van der Waals surface area contributed by atoms with Crippen LogP contribution in [0, 0.1) is 3.57 Å². The molecule has 0 aliphatic carbocycles. The molecular weight excluding hydrogens is 369 g/mol. The molecule has 3 N–H and O–H groups in total. The minimum absolute atomic E-state index is 0.0421. The van der Waals surface area contributed by atoms with Gasteiger partial charge in [-0.2, -0.15) is 0 Å². The van der Waals surface area contributed by atoms with E-state index in [0.717, 1.165) is 14.2 Å². The van der Waals surface area contributed by atoms with Gasteiger partial charge in [0.1, 0.15) is 0 Å². The van der Waals surface area contributed by atoms with Gasteiger partial charge in [-0.3, -0.25) is 9.59 Å². The number of halogens is 1. The minimum atomic E-state index is -0.0955. The van der Waals surface area contributed by atoms with Crippen LogP contribution >= 0.6 is 22.6 Å². The minimum Gasteiger partial charge on any atom is -0.349 e. The third-order valence-electron chi connectivity index (χ3n) is 2.48. The van der Waals surface area contributed by atoms with Crippen molar-refractivity contribution in [2.24, 2.45) is 0 Å². The molecule has 0 fully saturated rings. The largest absolute Gasteiger partial charge is 0.349 e. The zero-order chi connectivity index (χ0) is 15.1. The zero-order valence-electron chi connectivity index (χ0n) is 12.0. The average Bonchev–Trinajstić information content (AvgIpc) is 2.26. The standard InChI is InChI=1S/C14H20IN3O2/c1-10(2)16-13(19)8-18(3)9-14(20)17-12-6-4-5-11(15)7-12/h4-7,10H,8-9H2,1-3H3,(H,16,19)(H,17,20)/p+1. The maximum atomic E-state index is 11.9. The summed E-state index contributed by atoms with van der Waals surface area (Å²) in [6.07, 6.45) is 0. The van der Waals surface area contributed by atoms with E-state index in [1.165, 1.54) is 0 Å². The number of benzene rings is 1. The Hall–Kier alpha value is -1.15. The predicted octanol–water partition coefficient (Wildman–Crippen LogP) is 0.269. The van der Waals surface area contributed by atoms with Crippen molar-refractivity contribution >= 4 is 40.1 Å². The van der Waals surface area contributed by atoms with E-state index in [-0.39, 0.29) is 30.9 Å². The molecule has 0 spiro atoms. The maximum Gasteiger partial charge on any atom is 0.279 e. The number of hydrogen-bond acceptors (Lipinski definition) is 2. The van der Waals surface area contributed by atoms with E-state index in [0.29, 0.717) is 0 Å². The van der Waals surface area contributed by atoms with Crippen LogP contribution in [0.3, 0.4) is 0 Å². The maximum absolute atomic E-state index is 11.9. The Bertz CT molecular complexity index is 477. The summed E-state index contributed by atoms with van der Waals surface area (Å²) < 4.78 is 1.07. The highest BCUT2D eigenvalue weighted by Gasteiger charge is 2.14. The van der Waals surface area contributed by atoms with Gasteiger partial charge in [0.2, 0.25) is 0 Å². The van der Waals surface area contributed by atoms with E-state index in [2.05, 4.69) is 33.2 Å². The molecule has 0 bridgehead atoms. The summed E-state index contributed by atoms with van der Waals surface area (Å²) >= 11 is 2.20. The van der Waals surface area contributed by atoms with Gasteiger partial charge in [-0.05, 0) is 54.6 Å². The summed E-state index contributed by atoms with van der Waals surface area (Å²) in [5, 5.41) is 5.64. The van der Waals surface area contributed by atoms with Gasteiger partial charge in [-0.25, -0.2) is 0 Å². The van der Waals surface area contributed by atoms with Gasteiger partial charge in [-0.15, -0.1) is 0 Å². The highest BCUT2D eigenvalue weighted by Crippen LogP contribution is 2.11. The molecule has 1 rings (SSSR count). The third kappa shape index (κ3) is 6.85. The summed E-state index contributed by atoms with van der Waals surface area (Å²) in [5.41, 5.74) is 0.779. The number of likely N-dealkylation sites (N-methyl/N-ethyl adjacent to an activating group) is 1. The van der Waals surface area contributed by atoms with Crippen LogP contribution in [0.4, 0.5) is 5.69 Å². The van der Waals surface area contributed by atoms with Gasteiger partial charge in [0.15, 0.2) is 13.1 Å². The average molecular weight is 390 g/mol. The number of quaternary nitrogens is 1. The number of nitrogens with one attached hydrogen (secondary N) is 3. The summed E-state index contributed by atoms with van der Waals surface area (Å²) in [5.74, 6) is -0.138. The molecule has 0 aromatic heterocycles. The van der Waals surface area contributed by atoms with Crippen molar-refractivity contribution in [3.63, 3.8) is 0 Å². The fraction of sp³-hybridized carbons (Fsp3) is 0.429. The Kier molecular flexibility index (Phi) is 6.94. The Balaban J connectivity index is 2.40. The molecule has 2 amide bonds. The van der Waals surface area contributed by atoms with Crippen molar-refractivity contribution in [1.82, 2.24) is 5.32 Å². The monoisotopic (exact) mass is 390 g/mol. The number of carbonyl (C=O) groups excluding carboxylic acids is 2. The first-order valence-corrected chi connectivity index (χ1v) is 7.60. The van der Waals surface area contributed by atoms with Gasteiger partial charge in [0, 0.05) is 15.3 Å². The second-order valence-electron chi connectivity index (χ2n) is 5.09. The molecule has 1 aromatic carbocycles. The predicted molar refractivity (Wildman–Crippen MR) is 87.7 cm³/mol. The smallest absolute Gasteiger partial charge is 0.279 e. The van der Waals surface area contributed by atoms with Crippen LogP contribution in [0.1, 0.15) is 13.8 Å². The number of carbonyl (C=O) groups is 2. The Morgan fingerprint density at radius 3 is 2.50 bits per heavy atom. The number of rotatable bonds is 6. The van der Waals surface area contributed by atoms with Crippen molar-refractivity contribution in [2.75, 3.05) is 25.5 Å². The molecule has 1 unspecified atom stereocenters. The SMILES string of the molecule is CC(C)NC(=O)C[NH+](C)CC(=O)Nc1cccc(I)c1. The molecule has 6 heteroatoms. The third-order valence-corrected chi connectivity index (χ3v) is 3.15. The Morgan fingerprint density at radius 1 is 1.25 bits per heavy atom. The summed E-state index contributed by atoms with van der Waals surface area (Å²) in [4.78, 5) is 24.3. The van der Waals surface area contributed by atoms with Crippen LogP contribution in [0.2, 0.25) is 0 Å². The Labute approximate surface area is 133 Å². The molecular formula is C14H21IN3O2+. The number of anilines is 1. The van der Waals surface area contributed by atoms with Crippen molar-refractivity contribution in [3.8, 4) is 0 Å². The van der Waals surface area contributed by atoms with Crippen LogP contribution in [-0.4, -0.2) is 38.0 Å². The van der Waals surface area contributed by atoms with Crippen molar-refractivity contribution in [2.45, 2.75) is 19.9 Å². The van der Waals surface area contributed by atoms with Gasteiger partial charge >= 0.3 is 0 Å². The second kappa shape index (κ2) is 8.21. The van der Waals surface area contributed by atoms with Crippen molar-refractivity contribution < 1.29 is 14.5 Å². The topological polar surface area (TPSA) is 62.6 Å². The lowest BCUT2D eigenvalue weighted by Crippen LogP contribution is -3.11. The van der Waals surface area contributed by atoms with Crippen molar-refractivity contribution in [1.29, 1.82) is 0 Å². The molecule has 5 nitrogen and oxygen atoms in total. The quantitative estimate of drug-likeness (QED) is 0.611. The van der Waals surface area contributed by atoms with Crippen LogP contribution in [0.15, 0.2) is 24.3 Å². The molecule has 20 heavy (non-hydrogen) atoms. The fourth-order valence-corrected chi connectivity index (χ4v) is 2.30. The second-order valence-corrected chi connectivity index (χ2v) is 6.34. The molecule has 0 saturated carbocycles. The molecule has 0 saturated heterocycles. The Morgan fingerprint density at radius 2 is 1.90 bits per heavy atom. The highest BCUT2D eigenvalue weighted by atomic mass is 127. The summed E-state index contributed by atoms with van der Waals surface area (Å²) in [6, 6.07) is 7.73. The first-order valence-electron chi connectivity index (χ1n) is 6.53. The molecule has 0 heterocycles. The lowest BCUT2D eigenvalue weighted by atomic mass is 10.3. The molecule has 0 aliphatic rings. The summed E-state index contributed by atoms with van der Waals surface area (Å²) in [6.45, 7) is 4.38. The van der Waals surface area contributed by atoms with E-state index < -0.39 is 0 Å². The number of hydrogen-bond donors (Lipinski definition) is 3. The van der Waals surface area contributed by atoms with Crippen LogP contribution < -0.4 is 15.5 Å². The molecule has 0 radical (unpaired) electrons. The molecule has 110 valence electrons. The van der Waals surface area contributed by atoms with Gasteiger partial charge in [0.25, 0.3) is 11.8 Å². The summed E-state index contributed by atoms with van der Waals surface area (Å²) in [7, 11) is 1.83. The first kappa shape index (κ1) is 16.9. The zero-order valence-corrected chi connectivity index (χ0v) is 14.2. The van der Waals surface area contributed by atoms with Crippen molar-refractivity contribution in [3.05, 3.63) is 27.8 Å². The van der Waals surface area contributed by atoms with E-state index in [4.69, 9.17) is 0 Å². The van der Waals surface area contributed by atoms with Gasteiger partial charge in [0.05, 0.1) is 7.05 Å².